The van der Waals surface area contributed by atoms with Gasteiger partial charge in [-0.1, -0.05) is 51.1 Å². The van der Waals surface area contributed by atoms with Gasteiger partial charge in [-0.2, -0.15) is 0 Å². The third-order valence-electron chi connectivity index (χ3n) is 5.49. The third kappa shape index (κ3) is 4.84. The summed E-state index contributed by atoms with van der Waals surface area (Å²) >= 11 is 0. The highest BCUT2D eigenvalue weighted by atomic mass is 19.1. The van der Waals surface area contributed by atoms with Gasteiger partial charge in [0.1, 0.15) is 17.5 Å². The number of nitrogens with zero attached hydrogens (tertiary/aromatic N) is 2. The zero-order valence-corrected chi connectivity index (χ0v) is 18.5. The summed E-state index contributed by atoms with van der Waals surface area (Å²) < 4.78 is 28.2. The number of H-pyrrole nitrogens is 1. The fraction of sp³-hybridized carbons (Fsp3) is 0.240. The maximum absolute atomic E-state index is 14.2. The van der Waals surface area contributed by atoms with Crippen molar-refractivity contribution in [3.63, 3.8) is 0 Å². The van der Waals surface area contributed by atoms with Crippen LogP contribution in [-0.2, 0) is 4.79 Å². The molecule has 0 aliphatic rings. The summed E-state index contributed by atoms with van der Waals surface area (Å²) in [5.74, 6) is -1.65. The highest BCUT2D eigenvalue weighted by Crippen LogP contribution is 2.32. The summed E-state index contributed by atoms with van der Waals surface area (Å²) in [5.41, 5.74) is 1.65. The van der Waals surface area contributed by atoms with Crippen molar-refractivity contribution >= 4 is 22.7 Å². The van der Waals surface area contributed by atoms with Crippen molar-refractivity contribution in [2.45, 2.75) is 33.2 Å². The molecule has 1 unspecified atom stereocenters. The van der Waals surface area contributed by atoms with Crippen LogP contribution in [0.5, 0.6) is 0 Å². The highest BCUT2D eigenvalue weighted by Gasteiger charge is 2.28. The number of rotatable bonds is 6. The van der Waals surface area contributed by atoms with Crippen molar-refractivity contribution in [1.29, 1.82) is 0 Å². The van der Waals surface area contributed by atoms with Crippen LogP contribution in [0.15, 0.2) is 54.7 Å². The second-order valence-electron chi connectivity index (χ2n) is 9.00. The number of carboxylic acid groups (broad SMARTS) is 1. The van der Waals surface area contributed by atoms with E-state index in [4.69, 9.17) is 0 Å². The van der Waals surface area contributed by atoms with Gasteiger partial charge in [0.15, 0.2) is 5.82 Å². The van der Waals surface area contributed by atoms with E-state index < -0.39 is 23.6 Å². The van der Waals surface area contributed by atoms with E-state index in [1.165, 1.54) is 6.07 Å². The van der Waals surface area contributed by atoms with Crippen molar-refractivity contribution in [3.05, 3.63) is 66.4 Å². The average Bonchev–Trinajstić information content (AvgIpc) is 3.17. The van der Waals surface area contributed by atoms with Crippen LogP contribution in [0.3, 0.4) is 0 Å². The van der Waals surface area contributed by atoms with E-state index in [1.807, 2.05) is 51.1 Å². The van der Waals surface area contributed by atoms with E-state index in [0.29, 0.717) is 22.5 Å². The molecule has 0 aliphatic carbocycles. The number of aromatic amines is 1. The number of fused-ring (bicyclic) bond motifs is 1. The van der Waals surface area contributed by atoms with Gasteiger partial charge in [-0.05, 0) is 11.5 Å². The van der Waals surface area contributed by atoms with Crippen LogP contribution in [0.1, 0.15) is 27.2 Å². The molecule has 0 amide bonds. The van der Waals surface area contributed by atoms with E-state index in [-0.39, 0.29) is 23.2 Å². The van der Waals surface area contributed by atoms with Gasteiger partial charge in [-0.3, -0.25) is 4.79 Å². The van der Waals surface area contributed by atoms with E-state index in [1.54, 1.807) is 12.3 Å². The average molecular weight is 450 g/mol. The minimum Gasteiger partial charge on any atom is -0.481 e. The molecule has 4 aromatic rings. The number of hydrogen-bond acceptors (Lipinski definition) is 4. The molecular formula is C25H24F2N4O2. The lowest BCUT2D eigenvalue weighted by atomic mass is 9.84. The Morgan fingerprint density at radius 3 is 2.52 bits per heavy atom. The van der Waals surface area contributed by atoms with E-state index in [9.17, 15) is 18.7 Å². The predicted molar refractivity (Wildman–Crippen MR) is 124 cm³/mol. The molecule has 2 heterocycles. The van der Waals surface area contributed by atoms with Crippen molar-refractivity contribution < 1.29 is 18.7 Å². The summed E-state index contributed by atoms with van der Waals surface area (Å²) in [6, 6.07) is 12.8. The first-order chi connectivity index (χ1) is 15.6. The fourth-order valence-corrected chi connectivity index (χ4v) is 3.67. The number of benzene rings is 2. The van der Waals surface area contributed by atoms with Crippen molar-refractivity contribution in [1.82, 2.24) is 15.0 Å². The fourth-order valence-electron chi connectivity index (χ4n) is 3.67. The smallest absolute Gasteiger partial charge is 0.305 e. The standard InChI is InChI=1S/C25H24F2N4O2/c1-25(2,3)20(12-22(32)33)30-21-11-19(14-7-5-4-6-8-14)29-24(31-21)17-13-28-23-16(17)9-15(26)10-18(23)27/h4-11,13,20,28H,12H2,1-3H3,(H,32,33)(H,29,30,31). The van der Waals surface area contributed by atoms with Crippen LogP contribution >= 0.6 is 0 Å². The summed E-state index contributed by atoms with van der Waals surface area (Å²) in [7, 11) is 0. The molecule has 0 saturated heterocycles. The topological polar surface area (TPSA) is 90.9 Å². The Balaban J connectivity index is 1.87. The molecule has 0 spiro atoms. The molecule has 8 heteroatoms. The Hall–Kier alpha value is -3.81. The Kier molecular flexibility index (Phi) is 5.84. The first-order valence-electron chi connectivity index (χ1n) is 10.5. The van der Waals surface area contributed by atoms with Crippen molar-refractivity contribution in [3.8, 4) is 22.6 Å². The SMILES string of the molecule is CC(C)(C)C(CC(=O)O)Nc1cc(-c2ccccc2)nc(-c2c[nH]c3c(F)cc(F)cc23)n1. The lowest BCUT2D eigenvalue weighted by Crippen LogP contribution is -2.36. The molecule has 0 bridgehead atoms. The third-order valence-corrected chi connectivity index (χ3v) is 5.49. The summed E-state index contributed by atoms with van der Waals surface area (Å²) in [4.78, 5) is 23.5. The van der Waals surface area contributed by atoms with Gasteiger partial charge in [-0.25, -0.2) is 18.7 Å². The van der Waals surface area contributed by atoms with Crippen LogP contribution in [0.4, 0.5) is 14.6 Å². The number of halogens is 2. The maximum Gasteiger partial charge on any atom is 0.305 e. The molecule has 4 rings (SSSR count). The molecule has 170 valence electrons. The number of hydrogen-bond donors (Lipinski definition) is 3. The molecule has 1 atom stereocenters. The maximum atomic E-state index is 14.2. The lowest BCUT2D eigenvalue weighted by Gasteiger charge is -2.31. The van der Waals surface area contributed by atoms with E-state index >= 15 is 0 Å². The van der Waals surface area contributed by atoms with Gasteiger partial charge in [0.2, 0.25) is 0 Å². The predicted octanol–water partition coefficient (Wildman–Crippen LogP) is 5.87. The van der Waals surface area contributed by atoms with Gasteiger partial charge < -0.3 is 15.4 Å². The molecule has 0 fully saturated rings. The Bertz CT molecular complexity index is 1310. The molecule has 3 N–H and O–H groups in total. The van der Waals surface area contributed by atoms with Gasteiger partial charge in [0.05, 0.1) is 17.6 Å². The Morgan fingerprint density at radius 2 is 1.85 bits per heavy atom. The number of carbonyl (C=O) groups is 1. The second-order valence-corrected chi connectivity index (χ2v) is 9.00. The molecule has 2 aromatic heterocycles. The van der Waals surface area contributed by atoms with Gasteiger partial charge in [0.25, 0.3) is 0 Å². The number of nitrogens with one attached hydrogen (secondary N) is 2. The summed E-state index contributed by atoms with van der Waals surface area (Å²) in [5, 5.41) is 12.9. The van der Waals surface area contributed by atoms with Crippen LogP contribution in [0.25, 0.3) is 33.5 Å². The monoisotopic (exact) mass is 450 g/mol. The Labute approximate surface area is 189 Å². The number of anilines is 1. The normalized spacial score (nSPS) is 12.6. The van der Waals surface area contributed by atoms with Crippen LogP contribution in [-0.4, -0.2) is 32.1 Å². The zero-order valence-electron chi connectivity index (χ0n) is 18.5. The molecule has 0 radical (unpaired) electrons. The lowest BCUT2D eigenvalue weighted by molar-refractivity contribution is -0.137. The molecule has 0 aliphatic heterocycles. The summed E-state index contributed by atoms with van der Waals surface area (Å²) in [6.07, 6.45) is 1.44. The number of aromatic nitrogens is 3. The zero-order chi connectivity index (χ0) is 23.8. The number of aliphatic carboxylic acids is 1. The highest BCUT2D eigenvalue weighted by molar-refractivity contribution is 5.94. The van der Waals surface area contributed by atoms with E-state index in [0.717, 1.165) is 11.6 Å². The van der Waals surface area contributed by atoms with Crippen LogP contribution in [0.2, 0.25) is 0 Å². The van der Waals surface area contributed by atoms with E-state index in [2.05, 4.69) is 20.3 Å². The van der Waals surface area contributed by atoms with Crippen molar-refractivity contribution in [2.75, 3.05) is 5.32 Å². The van der Waals surface area contributed by atoms with Crippen LogP contribution < -0.4 is 5.32 Å². The first-order valence-corrected chi connectivity index (χ1v) is 10.5. The van der Waals surface area contributed by atoms with Gasteiger partial charge in [0, 0.05) is 40.9 Å². The Morgan fingerprint density at radius 1 is 1.12 bits per heavy atom. The first kappa shape index (κ1) is 22.4. The summed E-state index contributed by atoms with van der Waals surface area (Å²) in [6.45, 7) is 5.83. The molecule has 33 heavy (non-hydrogen) atoms. The van der Waals surface area contributed by atoms with Gasteiger partial charge in [-0.15, -0.1) is 0 Å². The van der Waals surface area contributed by atoms with Crippen molar-refractivity contribution in [2.24, 2.45) is 5.41 Å². The second kappa shape index (κ2) is 8.61. The minimum absolute atomic E-state index is 0.104. The van der Waals surface area contributed by atoms with Gasteiger partial charge >= 0.3 is 5.97 Å². The number of carboxylic acids is 1. The molecule has 6 nitrogen and oxygen atoms in total. The molecule has 2 aromatic carbocycles. The molecular weight excluding hydrogens is 426 g/mol. The largest absolute Gasteiger partial charge is 0.481 e. The minimum atomic E-state index is -0.928. The molecule has 0 saturated carbocycles. The quantitative estimate of drug-likeness (QED) is 0.342. The van der Waals surface area contributed by atoms with Crippen LogP contribution in [0, 0.1) is 17.0 Å².